The topological polar surface area (TPSA) is 99.6 Å². The van der Waals surface area contributed by atoms with Crippen LogP contribution in [0.5, 0.6) is 0 Å². The number of nitrogens with one attached hydrogen (secondary N) is 1. The van der Waals surface area contributed by atoms with Gasteiger partial charge < -0.3 is 10.4 Å². The third kappa shape index (κ3) is 3.39. The van der Waals surface area contributed by atoms with E-state index < -0.39 is 12.0 Å². The first-order valence-electron chi connectivity index (χ1n) is 7.72. The van der Waals surface area contributed by atoms with Gasteiger partial charge in [-0.05, 0) is 31.0 Å². The highest BCUT2D eigenvalue weighted by molar-refractivity contribution is 7.14. The molecule has 1 aromatic heterocycles. The number of nitrogens with zero attached hydrogens (tertiary/aromatic N) is 2. The number of anilines is 2. The van der Waals surface area contributed by atoms with Gasteiger partial charge in [0.05, 0.1) is 18.5 Å². The van der Waals surface area contributed by atoms with Gasteiger partial charge in [-0.3, -0.25) is 14.4 Å². The van der Waals surface area contributed by atoms with Crippen LogP contribution in [-0.2, 0) is 20.8 Å². The summed E-state index contributed by atoms with van der Waals surface area (Å²) in [5.74, 6) is -1.73. The zero-order chi connectivity index (χ0) is 18.1. The maximum absolute atomic E-state index is 12.6. The number of carbonyl (C=O) groups excluding carboxylic acids is 2. The molecule has 1 atom stereocenters. The number of aromatic nitrogens is 1. The Morgan fingerprint density at radius 1 is 1.40 bits per heavy atom. The molecule has 2 aromatic rings. The van der Waals surface area contributed by atoms with Gasteiger partial charge in [-0.25, -0.2) is 9.88 Å². The second-order valence-electron chi connectivity index (χ2n) is 5.91. The molecule has 25 heavy (non-hydrogen) atoms. The van der Waals surface area contributed by atoms with E-state index in [9.17, 15) is 14.4 Å². The lowest BCUT2D eigenvalue weighted by molar-refractivity contribution is -0.136. The molecule has 0 spiro atoms. The van der Waals surface area contributed by atoms with Gasteiger partial charge in [0.25, 0.3) is 5.91 Å². The van der Waals surface area contributed by atoms with Crippen LogP contribution in [0.2, 0.25) is 0 Å². The van der Waals surface area contributed by atoms with E-state index in [4.69, 9.17) is 5.11 Å². The fourth-order valence-electron chi connectivity index (χ4n) is 2.68. The van der Waals surface area contributed by atoms with Crippen LogP contribution in [0.3, 0.4) is 0 Å². The van der Waals surface area contributed by atoms with E-state index in [1.54, 1.807) is 5.38 Å². The van der Waals surface area contributed by atoms with Crippen molar-refractivity contribution in [3.63, 3.8) is 0 Å². The SMILES string of the molecule is Cc1cccc(NC2CC(=O)N(c3nc(CC(=O)O)cs3)C2=O)c1C. The van der Waals surface area contributed by atoms with Crippen molar-refractivity contribution in [1.82, 2.24) is 4.98 Å². The third-order valence-corrected chi connectivity index (χ3v) is 5.02. The number of aliphatic carboxylic acids is 1. The first kappa shape index (κ1) is 17.1. The fraction of sp³-hybridized carbons (Fsp3) is 0.294. The predicted molar refractivity (Wildman–Crippen MR) is 93.9 cm³/mol. The molecule has 0 aliphatic carbocycles. The van der Waals surface area contributed by atoms with Crippen molar-refractivity contribution in [2.24, 2.45) is 0 Å². The van der Waals surface area contributed by atoms with Gasteiger partial charge in [-0.2, -0.15) is 0 Å². The number of hydrogen-bond acceptors (Lipinski definition) is 6. The molecule has 130 valence electrons. The summed E-state index contributed by atoms with van der Waals surface area (Å²) in [4.78, 5) is 40.8. The average molecular weight is 359 g/mol. The maximum atomic E-state index is 12.6. The number of rotatable bonds is 5. The van der Waals surface area contributed by atoms with Crippen LogP contribution in [0.25, 0.3) is 0 Å². The summed E-state index contributed by atoms with van der Waals surface area (Å²) < 4.78 is 0. The van der Waals surface area contributed by atoms with E-state index in [1.165, 1.54) is 0 Å². The molecule has 8 heteroatoms. The number of imide groups is 1. The highest BCUT2D eigenvalue weighted by atomic mass is 32.1. The molecule has 1 unspecified atom stereocenters. The van der Waals surface area contributed by atoms with E-state index in [2.05, 4.69) is 10.3 Å². The second kappa shape index (κ2) is 6.64. The molecule has 2 amide bonds. The molecule has 7 nitrogen and oxygen atoms in total. The van der Waals surface area contributed by atoms with Crippen molar-refractivity contribution < 1.29 is 19.5 Å². The van der Waals surface area contributed by atoms with Crippen molar-refractivity contribution in [3.05, 3.63) is 40.4 Å². The molecule has 0 radical (unpaired) electrons. The number of thiazole rings is 1. The standard InChI is InChI=1S/C17H17N3O4S/c1-9-4-3-5-12(10(9)2)19-13-7-14(21)20(16(13)24)17-18-11(8-25-17)6-15(22)23/h3-5,8,13,19H,6-7H2,1-2H3,(H,22,23). The quantitative estimate of drug-likeness (QED) is 0.794. The van der Waals surface area contributed by atoms with E-state index in [0.717, 1.165) is 33.1 Å². The van der Waals surface area contributed by atoms with Crippen LogP contribution in [0.1, 0.15) is 23.2 Å². The molecule has 1 fully saturated rings. The van der Waals surface area contributed by atoms with Crippen molar-refractivity contribution >= 4 is 39.9 Å². The van der Waals surface area contributed by atoms with Crippen LogP contribution in [0.4, 0.5) is 10.8 Å². The molecule has 1 aliphatic rings. The molecule has 3 rings (SSSR count). The zero-order valence-electron chi connectivity index (χ0n) is 13.8. The van der Waals surface area contributed by atoms with Crippen LogP contribution in [0.15, 0.2) is 23.6 Å². The van der Waals surface area contributed by atoms with Crippen molar-refractivity contribution in [3.8, 4) is 0 Å². The summed E-state index contributed by atoms with van der Waals surface area (Å²) >= 11 is 1.09. The van der Waals surface area contributed by atoms with Gasteiger partial charge in [0.2, 0.25) is 5.91 Å². The minimum Gasteiger partial charge on any atom is -0.481 e. The Labute approximate surface area is 148 Å². The monoisotopic (exact) mass is 359 g/mol. The summed E-state index contributed by atoms with van der Waals surface area (Å²) in [6, 6.07) is 5.09. The molecule has 0 saturated carbocycles. The smallest absolute Gasteiger partial charge is 0.309 e. The Morgan fingerprint density at radius 3 is 2.88 bits per heavy atom. The number of carboxylic acids is 1. The molecule has 2 heterocycles. The van der Waals surface area contributed by atoms with Gasteiger partial charge in [-0.15, -0.1) is 11.3 Å². The number of carboxylic acid groups (broad SMARTS) is 1. The lowest BCUT2D eigenvalue weighted by Gasteiger charge is -2.16. The Balaban J connectivity index is 1.79. The van der Waals surface area contributed by atoms with Gasteiger partial charge in [-0.1, -0.05) is 12.1 Å². The number of aryl methyl sites for hydroxylation is 1. The fourth-order valence-corrected chi connectivity index (χ4v) is 3.52. The Morgan fingerprint density at radius 2 is 2.16 bits per heavy atom. The molecule has 1 aromatic carbocycles. The first-order valence-corrected chi connectivity index (χ1v) is 8.60. The van der Waals surface area contributed by atoms with E-state index >= 15 is 0 Å². The highest BCUT2D eigenvalue weighted by Crippen LogP contribution is 2.29. The van der Waals surface area contributed by atoms with Gasteiger partial charge >= 0.3 is 5.97 Å². The van der Waals surface area contributed by atoms with Gasteiger partial charge in [0, 0.05) is 11.1 Å². The normalized spacial score (nSPS) is 17.2. The van der Waals surface area contributed by atoms with Crippen LogP contribution in [0, 0.1) is 13.8 Å². The summed E-state index contributed by atoms with van der Waals surface area (Å²) in [6.45, 7) is 3.93. The van der Waals surface area contributed by atoms with Crippen LogP contribution in [-0.4, -0.2) is 33.9 Å². The van der Waals surface area contributed by atoms with Gasteiger partial charge in [0.15, 0.2) is 5.13 Å². The van der Waals surface area contributed by atoms with E-state index in [0.29, 0.717) is 5.69 Å². The largest absolute Gasteiger partial charge is 0.481 e. The van der Waals surface area contributed by atoms with E-state index in [1.807, 2.05) is 32.0 Å². The summed E-state index contributed by atoms with van der Waals surface area (Å²) in [7, 11) is 0. The molecular weight excluding hydrogens is 342 g/mol. The Kier molecular flexibility index (Phi) is 4.54. The molecular formula is C17H17N3O4S. The van der Waals surface area contributed by atoms with Crippen LogP contribution >= 0.6 is 11.3 Å². The molecule has 1 aliphatic heterocycles. The average Bonchev–Trinajstić information content (AvgIpc) is 3.08. The lowest BCUT2D eigenvalue weighted by atomic mass is 10.1. The van der Waals surface area contributed by atoms with Crippen molar-refractivity contribution in [2.75, 3.05) is 10.2 Å². The predicted octanol–water partition coefficient (Wildman–Crippen LogP) is 2.13. The summed E-state index contributed by atoms with van der Waals surface area (Å²) in [5.41, 5.74) is 3.27. The molecule has 0 bridgehead atoms. The summed E-state index contributed by atoms with van der Waals surface area (Å²) in [6.07, 6.45) is -0.197. The van der Waals surface area contributed by atoms with Crippen molar-refractivity contribution in [2.45, 2.75) is 32.7 Å². The number of hydrogen-bond donors (Lipinski definition) is 2. The maximum Gasteiger partial charge on any atom is 0.309 e. The van der Waals surface area contributed by atoms with Crippen molar-refractivity contribution in [1.29, 1.82) is 0 Å². The second-order valence-corrected chi connectivity index (χ2v) is 6.74. The van der Waals surface area contributed by atoms with E-state index in [-0.39, 0.29) is 29.8 Å². The number of carbonyl (C=O) groups is 3. The minimum absolute atomic E-state index is 0.0417. The minimum atomic E-state index is -1.01. The van der Waals surface area contributed by atoms with Crippen LogP contribution < -0.4 is 10.2 Å². The Hall–Kier alpha value is -2.74. The molecule has 1 saturated heterocycles. The highest BCUT2D eigenvalue weighted by Gasteiger charge is 2.41. The van der Waals surface area contributed by atoms with Gasteiger partial charge in [0.1, 0.15) is 6.04 Å². The summed E-state index contributed by atoms with van der Waals surface area (Å²) in [5, 5.41) is 13.7. The Bertz CT molecular complexity index is 861. The molecule has 2 N–H and O–H groups in total. The zero-order valence-corrected chi connectivity index (χ0v) is 14.6. The number of amides is 2. The lowest BCUT2D eigenvalue weighted by Crippen LogP contribution is -2.35. The number of benzene rings is 1. The first-order chi connectivity index (χ1) is 11.9. The third-order valence-electron chi connectivity index (χ3n) is 4.14.